The average Bonchev–Trinajstić information content (AvgIpc) is 3.97. The van der Waals surface area contributed by atoms with E-state index in [-0.39, 0.29) is 68.0 Å². The summed E-state index contributed by atoms with van der Waals surface area (Å²) in [6.07, 6.45) is 0. The highest BCUT2D eigenvalue weighted by molar-refractivity contribution is 6.29. The lowest BCUT2D eigenvalue weighted by Gasteiger charge is -2.12. The van der Waals surface area contributed by atoms with Crippen molar-refractivity contribution in [2.24, 2.45) is 0 Å². The third-order valence-electron chi connectivity index (χ3n) is 10.1. The van der Waals surface area contributed by atoms with Gasteiger partial charge in [0.2, 0.25) is 5.95 Å². The number of nitrogens with zero attached hydrogens (tertiary/aromatic N) is 4. The number of para-hydroxylation sites is 4. The summed E-state index contributed by atoms with van der Waals surface area (Å²) in [7, 11) is 0. The highest BCUT2D eigenvalue weighted by Crippen LogP contribution is 2.43. The fourth-order valence-electron chi connectivity index (χ4n) is 7.92. The Morgan fingerprint density at radius 1 is 0.472 bits per heavy atom. The Hall–Kier alpha value is -7.24. The van der Waals surface area contributed by atoms with Crippen LogP contribution in [0, 0.1) is 0 Å². The molecular weight excluding hydrogens is 649 g/mol. The van der Waals surface area contributed by atoms with Crippen molar-refractivity contribution in [3.63, 3.8) is 0 Å². The molecule has 0 spiro atoms. The smallest absolute Gasteiger partial charge is 0.235 e. The van der Waals surface area contributed by atoms with Gasteiger partial charge in [0.05, 0.1) is 45.6 Å². The van der Waals surface area contributed by atoms with Gasteiger partial charge in [-0.25, -0.2) is 9.97 Å². The van der Waals surface area contributed by atoms with E-state index in [2.05, 4.69) is 47.0 Å². The van der Waals surface area contributed by atoms with Crippen LogP contribution >= 0.6 is 0 Å². The zero-order chi connectivity index (χ0) is 42.5. The molecule has 0 fully saturated rings. The number of benzene rings is 8. The SMILES string of the molecule is [2H]c1c(-c2nc(-n3c4ccccc4c4c5c6ccccc6n(-c6ccccc6)c5ccc43)nc3ccccc23)c([2H])c2c(oc3c([2H])c4c([2H])c([2H])c([2H])c([2H])c4c([2H])c32)c1[2H]. The molecule has 0 saturated heterocycles. The van der Waals surface area contributed by atoms with E-state index >= 15 is 0 Å². The topological polar surface area (TPSA) is 48.8 Å². The van der Waals surface area contributed by atoms with Gasteiger partial charge in [0.25, 0.3) is 0 Å². The minimum atomic E-state index is -0.559. The minimum Gasteiger partial charge on any atom is -0.456 e. The normalized spacial score (nSPS) is 14.5. The van der Waals surface area contributed by atoms with Gasteiger partial charge in [-0.15, -0.1) is 0 Å². The van der Waals surface area contributed by atoms with Gasteiger partial charge in [-0.1, -0.05) is 97.0 Å². The van der Waals surface area contributed by atoms with Crippen molar-refractivity contribution < 1.29 is 16.8 Å². The van der Waals surface area contributed by atoms with Crippen molar-refractivity contribution >= 4 is 87.2 Å². The number of furan rings is 1. The molecule has 8 aromatic carbocycles. The average molecular weight is 686 g/mol. The summed E-state index contributed by atoms with van der Waals surface area (Å²) in [6, 6.07) is 34.2. The van der Waals surface area contributed by atoms with E-state index in [0.717, 1.165) is 49.3 Å². The Morgan fingerprint density at radius 2 is 1.09 bits per heavy atom. The summed E-state index contributed by atoms with van der Waals surface area (Å²) in [5, 5.41) is 4.17. The van der Waals surface area contributed by atoms with Crippen LogP contribution in [0.3, 0.4) is 0 Å². The second-order valence-electron chi connectivity index (χ2n) is 13.0. The second kappa shape index (κ2) is 10.6. The lowest BCUT2D eigenvalue weighted by molar-refractivity contribution is 0.669. The van der Waals surface area contributed by atoms with Gasteiger partial charge in [-0.2, -0.15) is 0 Å². The number of aromatic nitrogens is 4. The van der Waals surface area contributed by atoms with E-state index in [1.165, 1.54) is 0 Å². The predicted octanol–water partition coefficient (Wildman–Crippen LogP) is 12.5. The molecule has 0 bridgehead atoms. The van der Waals surface area contributed by atoms with E-state index < -0.39 is 36.3 Å². The molecule has 12 rings (SSSR count). The predicted molar refractivity (Wildman–Crippen MR) is 218 cm³/mol. The fourth-order valence-corrected chi connectivity index (χ4v) is 7.92. The van der Waals surface area contributed by atoms with Gasteiger partial charge < -0.3 is 8.98 Å². The fraction of sp³-hybridized carbons (Fsp3) is 0. The monoisotopic (exact) mass is 685 g/mol. The molecule has 0 aliphatic rings. The molecule has 0 radical (unpaired) electrons. The third kappa shape index (κ3) is 4.02. The van der Waals surface area contributed by atoms with Crippen LogP contribution in [-0.2, 0) is 0 Å². The van der Waals surface area contributed by atoms with Crippen LogP contribution in [0.1, 0.15) is 12.3 Å². The zero-order valence-corrected chi connectivity index (χ0v) is 27.7. The Morgan fingerprint density at radius 3 is 1.87 bits per heavy atom. The zero-order valence-electron chi connectivity index (χ0n) is 36.7. The Balaban J connectivity index is 1.19. The van der Waals surface area contributed by atoms with Crippen LogP contribution in [0.25, 0.3) is 110 Å². The lowest BCUT2D eigenvalue weighted by Crippen LogP contribution is -2.03. The van der Waals surface area contributed by atoms with Gasteiger partial charge in [-0.05, 0) is 83.4 Å². The molecule has 0 unspecified atom stereocenters. The molecular formula is C48H28N4O. The van der Waals surface area contributed by atoms with Gasteiger partial charge in [0, 0.05) is 49.0 Å². The first kappa shape index (κ1) is 21.2. The minimum absolute atomic E-state index is 0.0138. The molecule has 53 heavy (non-hydrogen) atoms. The second-order valence-corrected chi connectivity index (χ2v) is 13.0. The van der Waals surface area contributed by atoms with Crippen LogP contribution in [0.4, 0.5) is 0 Å². The quantitative estimate of drug-likeness (QED) is 0.186. The summed E-state index contributed by atoms with van der Waals surface area (Å²) in [4.78, 5) is 10.3. The summed E-state index contributed by atoms with van der Waals surface area (Å²) in [5.74, 6) is 0.273. The molecule has 0 amide bonds. The van der Waals surface area contributed by atoms with Crippen molar-refractivity contribution in [2.45, 2.75) is 0 Å². The summed E-state index contributed by atoms with van der Waals surface area (Å²) >= 11 is 0. The van der Waals surface area contributed by atoms with E-state index in [0.29, 0.717) is 10.9 Å². The summed E-state index contributed by atoms with van der Waals surface area (Å²) < 4.78 is 90.8. The first-order valence-corrected chi connectivity index (χ1v) is 17.2. The molecule has 5 nitrogen and oxygen atoms in total. The number of fused-ring (bicyclic) bond motifs is 12. The van der Waals surface area contributed by atoms with Crippen LogP contribution in [-0.4, -0.2) is 19.1 Å². The molecule has 5 heteroatoms. The van der Waals surface area contributed by atoms with Crippen molar-refractivity contribution in [3.8, 4) is 22.9 Å². The van der Waals surface area contributed by atoms with Gasteiger partial charge in [0.15, 0.2) is 0 Å². The molecule has 0 saturated carbocycles. The maximum Gasteiger partial charge on any atom is 0.235 e. The molecule has 4 aromatic heterocycles. The van der Waals surface area contributed by atoms with Gasteiger partial charge in [0.1, 0.15) is 11.2 Å². The maximum atomic E-state index is 9.76. The first-order chi connectivity index (χ1) is 30.1. The first-order valence-electron chi connectivity index (χ1n) is 21.7. The Labute approximate surface area is 315 Å². The summed E-state index contributed by atoms with van der Waals surface area (Å²) in [6.45, 7) is 0. The number of rotatable bonds is 3. The largest absolute Gasteiger partial charge is 0.456 e. The molecule has 0 atom stereocenters. The third-order valence-corrected chi connectivity index (χ3v) is 10.1. The van der Waals surface area contributed by atoms with E-state index in [4.69, 9.17) is 21.2 Å². The van der Waals surface area contributed by atoms with Crippen molar-refractivity contribution in [1.29, 1.82) is 0 Å². The summed E-state index contributed by atoms with van der Waals surface area (Å²) in [5.41, 5.74) is 5.10. The van der Waals surface area contributed by atoms with Crippen molar-refractivity contribution in [1.82, 2.24) is 19.1 Å². The number of hydrogen-bond acceptors (Lipinski definition) is 3. The molecule has 4 heterocycles. The van der Waals surface area contributed by atoms with Crippen LogP contribution in [0.5, 0.6) is 0 Å². The molecule has 0 aliphatic carbocycles. The molecule has 246 valence electrons. The maximum absolute atomic E-state index is 9.76. The van der Waals surface area contributed by atoms with Gasteiger partial charge in [-0.3, -0.25) is 4.57 Å². The molecule has 0 N–H and O–H groups in total. The highest BCUT2D eigenvalue weighted by Gasteiger charge is 2.22. The molecule has 0 aliphatic heterocycles. The van der Waals surface area contributed by atoms with Gasteiger partial charge >= 0.3 is 0 Å². The highest BCUT2D eigenvalue weighted by atomic mass is 16.3. The van der Waals surface area contributed by atoms with E-state index in [1.807, 2.05) is 71.3 Å². The lowest BCUT2D eigenvalue weighted by atomic mass is 10.0. The molecule has 12 aromatic rings. The standard InChI is InChI=1S/C48H28N4O/c1-2-14-32(15-3-1)51-39-20-10-7-17-34(39)45-41(51)23-24-42-46(45)35-18-8-11-21-40(35)52(42)48-49-38-19-9-6-16-33(38)47(50-48)31-22-25-43-36(27-31)37-26-29-12-4-5-13-30(29)28-44(37)53-43/h1-28H/i4D,5D,12D,13D,22D,25D,26D,27D,28D. The van der Waals surface area contributed by atoms with Crippen molar-refractivity contribution in [2.75, 3.05) is 0 Å². The Kier molecular flexibility index (Phi) is 4.26. The Bertz CT molecular complexity index is 3990. The van der Waals surface area contributed by atoms with E-state index in [1.54, 1.807) is 6.07 Å². The van der Waals surface area contributed by atoms with Crippen LogP contribution < -0.4 is 0 Å². The van der Waals surface area contributed by atoms with Crippen molar-refractivity contribution in [3.05, 3.63) is 170 Å². The van der Waals surface area contributed by atoms with Crippen LogP contribution in [0.2, 0.25) is 0 Å². The van der Waals surface area contributed by atoms with E-state index in [9.17, 15) is 5.48 Å². The number of hydrogen-bond donors (Lipinski definition) is 0. The van der Waals surface area contributed by atoms with Crippen LogP contribution in [0.15, 0.2) is 174 Å².